The van der Waals surface area contributed by atoms with Crippen molar-refractivity contribution in [3.63, 3.8) is 0 Å². The van der Waals surface area contributed by atoms with Gasteiger partial charge in [0.05, 0.1) is 11.4 Å². The van der Waals surface area contributed by atoms with Crippen molar-refractivity contribution in [1.29, 1.82) is 0 Å². The summed E-state index contributed by atoms with van der Waals surface area (Å²) in [6.45, 7) is 0.630. The summed E-state index contributed by atoms with van der Waals surface area (Å²) in [5.74, 6) is 0. The summed E-state index contributed by atoms with van der Waals surface area (Å²) in [7, 11) is 2.05. The highest BCUT2D eigenvalue weighted by molar-refractivity contribution is 5.75. The Bertz CT molecular complexity index is 285. The van der Waals surface area contributed by atoms with Crippen LogP contribution in [0.2, 0.25) is 0 Å². The Labute approximate surface area is 72.2 Å². The first-order valence-electron chi connectivity index (χ1n) is 4.11. The third-order valence-corrected chi connectivity index (χ3v) is 2.30. The highest BCUT2D eigenvalue weighted by Crippen LogP contribution is 2.31. The van der Waals surface area contributed by atoms with Crippen LogP contribution in [0.5, 0.6) is 0 Å². The van der Waals surface area contributed by atoms with Crippen LogP contribution in [0, 0.1) is 0 Å². The van der Waals surface area contributed by atoms with E-state index in [9.17, 15) is 0 Å². The smallest absolute Gasteiger partial charge is 0.111 e. The number of rotatable bonds is 1. The molecule has 0 amide bonds. The van der Waals surface area contributed by atoms with Gasteiger partial charge in [0.1, 0.15) is 6.17 Å². The van der Waals surface area contributed by atoms with Gasteiger partial charge >= 0.3 is 0 Å². The van der Waals surface area contributed by atoms with Gasteiger partial charge in [-0.1, -0.05) is 12.1 Å². The molecule has 1 aromatic rings. The number of hydrogen-bond donors (Lipinski definition) is 2. The summed E-state index contributed by atoms with van der Waals surface area (Å²) in [4.78, 5) is 2.16. The molecule has 1 heterocycles. The van der Waals surface area contributed by atoms with Crippen molar-refractivity contribution in [1.82, 2.24) is 0 Å². The standard InChI is InChI=1S/C9H13N3/c1-12-8-5-3-2-4-7(8)11-9(12)6-10/h2-5,9,11H,6,10H2,1H3. The van der Waals surface area contributed by atoms with Gasteiger partial charge in [-0.05, 0) is 12.1 Å². The maximum Gasteiger partial charge on any atom is 0.111 e. The SMILES string of the molecule is CN1c2ccccc2NC1CN. The molecule has 0 radical (unpaired) electrons. The van der Waals surface area contributed by atoms with Crippen LogP contribution in [0.15, 0.2) is 24.3 Å². The topological polar surface area (TPSA) is 41.3 Å². The van der Waals surface area contributed by atoms with Crippen molar-refractivity contribution in [2.45, 2.75) is 6.17 Å². The third kappa shape index (κ3) is 0.940. The van der Waals surface area contributed by atoms with E-state index in [0.717, 1.165) is 0 Å². The second kappa shape index (κ2) is 2.68. The van der Waals surface area contributed by atoms with Gasteiger partial charge in [-0.2, -0.15) is 0 Å². The van der Waals surface area contributed by atoms with Crippen LogP contribution in [0.1, 0.15) is 0 Å². The molecule has 0 saturated carbocycles. The summed E-state index contributed by atoms with van der Waals surface area (Å²) in [5, 5.41) is 3.33. The Morgan fingerprint density at radius 1 is 1.50 bits per heavy atom. The lowest BCUT2D eigenvalue weighted by Crippen LogP contribution is -2.38. The van der Waals surface area contributed by atoms with Crippen molar-refractivity contribution < 1.29 is 0 Å². The van der Waals surface area contributed by atoms with E-state index in [1.807, 2.05) is 12.1 Å². The molecule has 12 heavy (non-hydrogen) atoms. The lowest BCUT2D eigenvalue weighted by molar-refractivity contribution is 0.738. The van der Waals surface area contributed by atoms with E-state index >= 15 is 0 Å². The molecule has 64 valence electrons. The summed E-state index contributed by atoms with van der Waals surface area (Å²) in [6, 6.07) is 8.23. The van der Waals surface area contributed by atoms with Crippen molar-refractivity contribution in [3.8, 4) is 0 Å². The molecule has 1 atom stereocenters. The van der Waals surface area contributed by atoms with Crippen LogP contribution in [-0.2, 0) is 0 Å². The van der Waals surface area contributed by atoms with Gasteiger partial charge in [-0.3, -0.25) is 0 Å². The van der Waals surface area contributed by atoms with Crippen LogP contribution >= 0.6 is 0 Å². The Morgan fingerprint density at radius 2 is 2.25 bits per heavy atom. The molecule has 1 unspecified atom stereocenters. The van der Waals surface area contributed by atoms with Gasteiger partial charge in [0.25, 0.3) is 0 Å². The number of nitrogens with one attached hydrogen (secondary N) is 1. The van der Waals surface area contributed by atoms with Crippen LogP contribution in [0.3, 0.4) is 0 Å². The average molecular weight is 163 g/mol. The number of nitrogens with two attached hydrogens (primary N) is 1. The fourth-order valence-electron chi connectivity index (χ4n) is 1.56. The normalized spacial score (nSPS) is 20.5. The molecule has 3 heteroatoms. The Morgan fingerprint density at radius 3 is 2.92 bits per heavy atom. The highest BCUT2D eigenvalue weighted by atomic mass is 15.3. The van der Waals surface area contributed by atoms with Gasteiger partial charge in [-0.15, -0.1) is 0 Å². The van der Waals surface area contributed by atoms with E-state index in [1.54, 1.807) is 0 Å². The van der Waals surface area contributed by atoms with Gasteiger partial charge in [-0.25, -0.2) is 0 Å². The highest BCUT2D eigenvalue weighted by Gasteiger charge is 2.22. The minimum atomic E-state index is 0.252. The number of benzene rings is 1. The third-order valence-electron chi connectivity index (χ3n) is 2.30. The minimum Gasteiger partial charge on any atom is -0.362 e. The number of hydrogen-bond acceptors (Lipinski definition) is 3. The van der Waals surface area contributed by atoms with E-state index in [-0.39, 0.29) is 6.17 Å². The van der Waals surface area contributed by atoms with Gasteiger partial charge in [0.15, 0.2) is 0 Å². The number of anilines is 2. The van der Waals surface area contributed by atoms with E-state index in [0.29, 0.717) is 6.54 Å². The lowest BCUT2D eigenvalue weighted by atomic mass is 10.3. The van der Waals surface area contributed by atoms with Crippen molar-refractivity contribution >= 4 is 11.4 Å². The Kier molecular flexibility index (Phi) is 1.66. The first kappa shape index (κ1) is 7.43. The summed E-state index contributed by atoms with van der Waals surface area (Å²) < 4.78 is 0. The summed E-state index contributed by atoms with van der Waals surface area (Å²) in [6.07, 6.45) is 0.252. The number of nitrogens with zero attached hydrogens (tertiary/aromatic N) is 1. The van der Waals surface area contributed by atoms with Crippen LogP contribution in [0.25, 0.3) is 0 Å². The number of fused-ring (bicyclic) bond motifs is 1. The Balaban J connectivity index is 2.35. The molecule has 0 bridgehead atoms. The molecule has 3 N–H and O–H groups in total. The fourth-order valence-corrected chi connectivity index (χ4v) is 1.56. The number of para-hydroxylation sites is 2. The van der Waals surface area contributed by atoms with E-state index in [4.69, 9.17) is 5.73 Å². The molecule has 0 aromatic heterocycles. The van der Waals surface area contributed by atoms with Gasteiger partial charge in [0.2, 0.25) is 0 Å². The van der Waals surface area contributed by atoms with Crippen LogP contribution in [0.4, 0.5) is 11.4 Å². The lowest BCUT2D eigenvalue weighted by Gasteiger charge is -2.19. The molecule has 1 aromatic carbocycles. The zero-order chi connectivity index (χ0) is 8.55. The molecular weight excluding hydrogens is 150 g/mol. The predicted octanol–water partition coefficient (Wildman–Crippen LogP) is 0.833. The molecule has 2 rings (SSSR count). The van der Waals surface area contributed by atoms with Crippen molar-refractivity contribution in [2.75, 3.05) is 23.8 Å². The summed E-state index contributed by atoms with van der Waals surface area (Å²) in [5.41, 5.74) is 8.01. The number of likely N-dealkylation sites (N-methyl/N-ethyl adjacent to an activating group) is 1. The minimum absolute atomic E-state index is 0.252. The zero-order valence-electron chi connectivity index (χ0n) is 7.12. The van der Waals surface area contributed by atoms with Gasteiger partial charge in [0, 0.05) is 13.6 Å². The maximum atomic E-state index is 5.60. The van der Waals surface area contributed by atoms with Crippen molar-refractivity contribution in [2.24, 2.45) is 5.73 Å². The van der Waals surface area contributed by atoms with Crippen LogP contribution < -0.4 is 16.0 Å². The molecule has 0 saturated heterocycles. The maximum absolute atomic E-state index is 5.60. The molecule has 0 aliphatic carbocycles. The van der Waals surface area contributed by atoms with E-state index in [2.05, 4.69) is 29.4 Å². The largest absolute Gasteiger partial charge is 0.362 e. The molecule has 3 nitrogen and oxygen atoms in total. The van der Waals surface area contributed by atoms with Crippen LogP contribution in [-0.4, -0.2) is 19.8 Å². The first-order valence-corrected chi connectivity index (χ1v) is 4.11. The molecular formula is C9H13N3. The second-order valence-corrected chi connectivity index (χ2v) is 3.02. The molecule has 1 aliphatic heterocycles. The average Bonchev–Trinajstić information content (AvgIpc) is 2.44. The first-order chi connectivity index (χ1) is 5.83. The molecule has 1 aliphatic rings. The van der Waals surface area contributed by atoms with Gasteiger partial charge < -0.3 is 16.0 Å². The molecule has 0 spiro atoms. The second-order valence-electron chi connectivity index (χ2n) is 3.02. The fraction of sp³-hybridized carbons (Fsp3) is 0.333. The van der Waals surface area contributed by atoms with E-state index in [1.165, 1.54) is 11.4 Å². The summed E-state index contributed by atoms with van der Waals surface area (Å²) >= 11 is 0. The van der Waals surface area contributed by atoms with Crippen molar-refractivity contribution in [3.05, 3.63) is 24.3 Å². The monoisotopic (exact) mass is 163 g/mol. The predicted molar refractivity (Wildman–Crippen MR) is 51.3 cm³/mol. The zero-order valence-corrected chi connectivity index (χ0v) is 7.12. The van der Waals surface area contributed by atoms with E-state index < -0.39 is 0 Å². The quantitative estimate of drug-likeness (QED) is 0.644. The molecule has 0 fully saturated rings. The Hall–Kier alpha value is -1.22.